The van der Waals surface area contributed by atoms with Crippen molar-refractivity contribution in [3.05, 3.63) is 30.3 Å². The van der Waals surface area contributed by atoms with E-state index in [0.29, 0.717) is 13.2 Å². The monoisotopic (exact) mass is 398 g/mol. The Hall–Kier alpha value is -2.32. The molecule has 1 N–H and O–H groups in total. The standard InChI is InChI=1S/C19H18N4O2S2/c26-19(23-3-7-27-8-4-23)20-12-1-2-13-14(9-12)22-16-11-18-17(10-15(16)21-13)24-5-6-25-18/h1-2,9-11H,3-8H2,(H,20,26). The first kappa shape index (κ1) is 16.8. The second-order valence-electron chi connectivity index (χ2n) is 6.44. The summed E-state index contributed by atoms with van der Waals surface area (Å²) >= 11 is 7.53. The summed E-state index contributed by atoms with van der Waals surface area (Å²) in [5, 5.41) is 4.10. The van der Waals surface area contributed by atoms with Gasteiger partial charge in [-0.25, -0.2) is 9.97 Å². The Morgan fingerprint density at radius 1 is 0.926 bits per heavy atom. The van der Waals surface area contributed by atoms with Crippen molar-refractivity contribution in [1.82, 2.24) is 14.9 Å². The van der Waals surface area contributed by atoms with Gasteiger partial charge >= 0.3 is 0 Å². The number of anilines is 1. The van der Waals surface area contributed by atoms with Crippen molar-refractivity contribution in [1.29, 1.82) is 0 Å². The van der Waals surface area contributed by atoms with E-state index in [1.165, 1.54) is 0 Å². The summed E-state index contributed by atoms with van der Waals surface area (Å²) in [7, 11) is 0. The van der Waals surface area contributed by atoms with Gasteiger partial charge in [0, 0.05) is 42.4 Å². The molecule has 5 rings (SSSR count). The van der Waals surface area contributed by atoms with Crippen molar-refractivity contribution in [2.45, 2.75) is 0 Å². The van der Waals surface area contributed by atoms with Crippen molar-refractivity contribution >= 4 is 56.8 Å². The van der Waals surface area contributed by atoms with Gasteiger partial charge in [0.15, 0.2) is 16.6 Å². The summed E-state index contributed by atoms with van der Waals surface area (Å²) in [6.07, 6.45) is 0. The Morgan fingerprint density at radius 3 is 2.26 bits per heavy atom. The number of fused-ring (bicyclic) bond motifs is 3. The molecular formula is C19H18N4O2S2. The number of thiocarbonyl (C=S) groups is 1. The van der Waals surface area contributed by atoms with Crippen LogP contribution in [0.3, 0.4) is 0 Å². The molecule has 138 valence electrons. The normalized spacial score (nSPS) is 16.5. The Morgan fingerprint density at radius 2 is 1.56 bits per heavy atom. The minimum atomic E-state index is 0.556. The predicted molar refractivity (Wildman–Crippen MR) is 113 cm³/mol. The van der Waals surface area contributed by atoms with E-state index in [1.54, 1.807) is 0 Å². The summed E-state index contributed by atoms with van der Waals surface area (Å²) in [4.78, 5) is 11.7. The molecule has 1 saturated heterocycles. The van der Waals surface area contributed by atoms with Gasteiger partial charge in [0.05, 0.1) is 22.1 Å². The number of ether oxygens (including phenoxy) is 2. The molecule has 0 aliphatic carbocycles. The Bertz CT molecular complexity index is 1040. The van der Waals surface area contributed by atoms with Crippen molar-refractivity contribution in [3.8, 4) is 11.5 Å². The Labute approximate surface area is 166 Å². The number of aromatic nitrogens is 2. The molecule has 27 heavy (non-hydrogen) atoms. The average molecular weight is 399 g/mol. The average Bonchev–Trinajstić information content (AvgIpc) is 2.71. The first-order valence-corrected chi connectivity index (χ1v) is 10.5. The fourth-order valence-corrected chi connectivity index (χ4v) is 4.46. The maximum atomic E-state index is 5.66. The third-order valence-corrected chi connectivity index (χ3v) is 5.95. The zero-order valence-corrected chi connectivity index (χ0v) is 16.2. The first-order valence-electron chi connectivity index (χ1n) is 8.91. The molecule has 8 heteroatoms. The molecule has 1 aromatic heterocycles. The molecule has 0 unspecified atom stereocenters. The maximum absolute atomic E-state index is 5.66. The van der Waals surface area contributed by atoms with Gasteiger partial charge < -0.3 is 19.7 Å². The molecule has 2 aromatic carbocycles. The van der Waals surface area contributed by atoms with Gasteiger partial charge in [-0.3, -0.25) is 0 Å². The minimum Gasteiger partial charge on any atom is -0.486 e. The van der Waals surface area contributed by atoms with Gasteiger partial charge in [0.1, 0.15) is 13.2 Å². The van der Waals surface area contributed by atoms with Crippen LogP contribution >= 0.6 is 24.0 Å². The van der Waals surface area contributed by atoms with Crippen LogP contribution in [0.25, 0.3) is 22.1 Å². The van der Waals surface area contributed by atoms with Gasteiger partial charge in [-0.1, -0.05) is 0 Å². The Balaban J connectivity index is 1.47. The van der Waals surface area contributed by atoms with Gasteiger partial charge in [0.2, 0.25) is 0 Å². The molecule has 6 nitrogen and oxygen atoms in total. The summed E-state index contributed by atoms with van der Waals surface area (Å²) in [5.41, 5.74) is 4.18. The molecule has 2 aliphatic heterocycles. The lowest BCUT2D eigenvalue weighted by Gasteiger charge is -2.29. The lowest BCUT2D eigenvalue weighted by molar-refractivity contribution is 0.172. The van der Waals surface area contributed by atoms with E-state index >= 15 is 0 Å². The van der Waals surface area contributed by atoms with Gasteiger partial charge in [-0.15, -0.1) is 0 Å². The number of rotatable bonds is 1. The van der Waals surface area contributed by atoms with Gasteiger partial charge in [0.25, 0.3) is 0 Å². The van der Waals surface area contributed by atoms with E-state index in [1.807, 2.05) is 42.1 Å². The highest BCUT2D eigenvalue weighted by molar-refractivity contribution is 7.99. The summed E-state index contributed by atoms with van der Waals surface area (Å²) < 4.78 is 11.3. The van der Waals surface area contributed by atoms with Gasteiger partial charge in [-0.05, 0) is 30.4 Å². The lowest BCUT2D eigenvalue weighted by atomic mass is 10.2. The number of hydrogen-bond acceptors (Lipinski definition) is 6. The van der Waals surface area contributed by atoms with Crippen LogP contribution in [0.2, 0.25) is 0 Å². The summed E-state index contributed by atoms with van der Waals surface area (Å²) in [6, 6.07) is 9.74. The van der Waals surface area contributed by atoms with Crippen LogP contribution in [-0.2, 0) is 0 Å². The number of nitrogens with one attached hydrogen (secondary N) is 1. The van der Waals surface area contributed by atoms with Crippen LogP contribution in [0.1, 0.15) is 0 Å². The highest BCUT2D eigenvalue weighted by Gasteiger charge is 2.16. The fourth-order valence-electron chi connectivity index (χ4n) is 3.26. The zero-order chi connectivity index (χ0) is 18.2. The van der Waals surface area contributed by atoms with E-state index in [2.05, 4.69) is 10.2 Å². The van der Waals surface area contributed by atoms with E-state index in [0.717, 1.165) is 69.0 Å². The molecule has 3 heterocycles. The SMILES string of the molecule is S=C(Nc1ccc2nc3cc4c(cc3nc2c1)OCCO4)N1CCSCC1. The van der Waals surface area contributed by atoms with Crippen molar-refractivity contribution in [2.24, 2.45) is 0 Å². The topological polar surface area (TPSA) is 59.5 Å². The zero-order valence-electron chi connectivity index (χ0n) is 14.6. The largest absolute Gasteiger partial charge is 0.486 e. The van der Waals surface area contributed by atoms with Crippen LogP contribution in [0.4, 0.5) is 5.69 Å². The second kappa shape index (κ2) is 7.01. The molecule has 1 fully saturated rings. The Kier molecular flexibility index (Phi) is 4.37. The van der Waals surface area contributed by atoms with E-state index in [9.17, 15) is 0 Å². The van der Waals surface area contributed by atoms with E-state index < -0.39 is 0 Å². The molecule has 0 saturated carbocycles. The van der Waals surface area contributed by atoms with Crippen LogP contribution in [-0.4, -0.2) is 57.8 Å². The molecular weight excluding hydrogens is 380 g/mol. The van der Waals surface area contributed by atoms with Crippen LogP contribution in [0.15, 0.2) is 30.3 Å². The third kappa shape index (κ3) is 3.35. The molecule has 0 atom stereocenters. The molecule has 0 bridgehead atoms. The molecule has 0 amide bonds. The van der Waals surface area contributed by atoms with Crippen LogP contribution < -0.4 is 14.8 Å². The van der Waals surface area contributed by atoms with E-state index in [-0.39, 0.29) is 0 Å². The number of thioether (sulfide) groups is 1. The summed E-state index contributed by atoms with van der Waals surface area (Å²) in [6.45, 7) is 3.09. The number of nitrogens with zero attached hydrogens (tertiary/aromatic N) is 3. The quantitative estimate of drug-likeness (QED) is 0.495. The molecule has 3 aromatic rings. The molecule has 0 radical (unpaired) electrons. The minimum absolute atomic E-state index is 0.556. The highest BCUT2D eigenvalue weighted by Crippen LogP contribution is 2.34. The first-order chi connectivity index (χ1) is 13.3. The van der Waals surface area contributed by atoms with Crippen molar-refractivity contribution < 1.29 is 9.47 Å². The fraction of sp³-hybridized carbons (Fsp3) is 0.316. The molecule has 2 aliphatic rings. The van der Waals surface area contributed by atoms with E-state index in [4.69, 9.17) is 31.7 Å². The smallest absolute Gasteiger partial charge is 0.173 e. The highest BCUT2D eigenvalue weighted by atomic mass is 32.2. The predicted octanol–water partition coefficient (Wildman–Crippen LogP) is 3.30. The third-order valence-electron chi connectivity index (χ3n) is 4.65. The van der Waals surface area contributed by atoms with Crippen LogP contribution in [0, 0.1) is 0 Å². The van der Waals surface area contributed by atoms with Gasteiger partial charge in [-0.2, -0.15) is 11.8 Å². The maximum Gasteiger partial charge on any atom is 0.173 e. The van der Waals surface area contributed by atoms with Crippen molar-refractivity contribution in [3.63, 3.8) is 0 Å². The van der Waals surface area contributed by atoms with Crippen molar-refractivity contribution in [2.75, 3.05) is 43.1 Å². The number of hydrogen-bond donors (Lipinski definition) is 1. The summed E-state index contributed by atoms with van der Waals surface area (Å²) in [5.74, 6) is 3.69. The number of benzene rings is 2. The lowest BCUT2D eigenvalue weighted by Crippen LogP contribution is -2.40. The second-order valence-corrected chi connectivity index (χ2v) is 8.05. The molecule has 0 spiro atoms. The van der Waals surface area contributed by atoms with Crippen LogP contribution in [0.5, 0.6) is 11.5 Å².